The molecular formula is C19H21PS. The van der Waals surface area contributed by atoms with E-state index in [0.717, 1.165) is 6.42 Å². The molecule has 2 aromatic carbocycles. The fraction of sp³-hybridized carbons (Fsp3) is 0.263. The van der Waals surface area contributed by atoms with Crippen LogP contribution in [0.3, 0.4) is 0 Å². The first kappa shape index (κ1) is 16.0. The van der Waals surface area contributed by atoms with Crippen molar-refractivity contribution in [2.24, 2.45) is 0 Å². The zero-order valence-electron chi connectivity index (χ0n) is 12.5. The lowest BCUT2D eigenvalue weighted by Crippen LogP contribution is -2.13. The van der Waals surface area contributed by atoms with Gasteiger partial charge < -0.3 is 0 Å². The smallest absolute Gasteiger partial charge is 0.0778 e. The fourth-order valence-electron chi connectivity index (χ4n) is 2.18. The maximum atomic E-state index is 6.05. The molecule has 2 heteroatoms. The van der Waals surface area contributed by atoms with Crippen molar-refractivity contribution in [2.75, 3.05) is 0 Å². The molecule has 0 bridgehead atoms. The molecule has 0 atom stereocenters. The lowest BCUT2D eigenvalue weighted by molar-refractivity contribution is 0.737. The molecule has 0 amide bonds. The lowest BCUT2D eigenvalue weighted by Gasteiger charge is -2.16. The summed E-state index contributed by atoms with van der Waals surface area (Å²) >= 11 is 6.05. The first-order chi connectivity index (χ1) is 10.3. The van der Waals surface area contributed by atoms with E-state index in [9.17, 15) is 0 Å². The van der Waals surface area contributed by atoms with Gasteiger partial charge in [-0.2, -0.15) is 0 Å². The molecule has 21 heavy (non-hydrogen) atoms. The summed E-state index contributed by atoms with van der Waals surface area (Å²) in [6.07, 6.45) is 4.59. The van der Waals surface area contributed by atoms with Crippen molar-refractivity contribution in [3.8, 4) is 11.6 Å². The molecule has 2 aromatic rings. The van der Waals surface area contributed by atoms with Crippen molar-refractivity contribution in [2.45, 2.75) is 32.6 Å². The van der Waals surface area contributed by atoms with Crippen LogP contribution in [0.4, 0.5) is 0 Å². The van der Waals surface area contributed by atoms with E-state index in [1.807, 2.05) is 12.1 Å². The Kier molecular flexibility index (Phi) is 6.24. The van der Waals surface area contributed by atoms with Gasteiger partial charge in [0.25, 0.3) is 0 Å². The van der Waals surface area contributed by atoms with E-state index in [-0.39, 0.29) is 0 Å². The molecule has 0 aromatic heterocycles. The molecule has 0 radical (unpaired) electrons. The van der Waals surface area contributed by atoms with E-state index in [1.165, 1.54) is 29.9 Å². The third-order valence-corrected chi connectivity index (χ3v) is 7.44. The van der Waals surface area contributed by atoms with Gasteiger partial charge in [-0.25, -0.2) is 0 Å². The number of rotatable bonds is 5. The monoisotopic (exact) mass is 312 g/mol. The largest absolute Gasteiger partial charge is 0.0972 e. The van der Waals surface area contributed by atoms with Crippen molar-refractivity contribution >= 4 is 28.5 Å². The van der Waals surface area contributed by atoms with E-state index in [4.69, 9.17) is 11.8 Å². The summed E-state index contributed by atoms with van der Waals surface area (Å²) in [6, 6.07) is 18.8. The standard InChI is InChI=1S/C19H21PS/c1-2-3-4-5-12-17-20(21,18-13-8-6-9-14-18)19-15-10-7-11-16-19/h6-11,13-16H,2-5H2,1H3. The highest BCUT2D eigenvalue weighted by Crippen LogP contribution is 2.42. The van der Waals surface area contributed by atoms with Gasteiger partial charge >= 0.3 is 0 Å². The van der Waals surface area contributed by atoms with E-state index in [1.54, 1.807) is 0 Å². The SMILES string of the molecule is CCCCCC#CP(=S)(c1ccccc1)c1ccccc1. The van der Waals surface area contributed by atoms with Gasteiger partial charge in [-0.1, -0.05) is 104 Å². The number of hydrogen-bond acceptors (Lipinski definition) is 1. The third kappa shape index (κ3) is 4.31. The average molecular weight is 312 g/mol. The highest BCUT2D eigenvalue weighted by Gasteiger charge is 2.19. The predicted molar refractivity (Wildman–Crippen MR) is 98.4 cm³/mol. The number of hydrogen-bond donors (Lipinski definition) is 0. The van der Waals surface area contributed by atoms with Crippen LogP contribution in [0.2, 0.25) is 0 Å². The topological polar surface area (TPSA) is 0 Å². The molecule has 0 spiro atoms. The van der Waals surface area contributed by atoms with Gasteiger partial charge in [0.15, 0.2) is 0 Å². The first-order valence-electron chi connectivity index (χ1n) is 7.49. The van der Waals surface area contributed by atoms with Crippen LogP contribution < -0.4 is 10.6 Å². The van der Waals surface area contributed by atoms with E-state index >= 15 is 0 Å². The summed E-state index contributed by atoms with van der Waals surface area (Å²) in [5.74, 6) is 3.35. The molecule has 0 saturated carbocycles. The molecule has 2 rings (SSSR count). The molecule has 0 saturated heterocycles. The highest BCUT2D eigenvalue weighted by atomic mass is 32.4. The van der Waals surface area contributed by atoms with Crippen molar-refractivity contribution < 1.29 is 0 Å². The zero-order chi connectivity index (χ0) is 15.0. The molecule has 108 valence electrons. The third-order valence-electron chi connectivity index (χ3n) is 3.38. The van der Waals surface area contributed by atoms with Gasteiger partial charge in [-0.15, -0.1) is 0 Å². The van der Waals surface area contributed by atoms with Crippen LogP contribution in [0.1, 0.15) is 32.6 Å². The quantitative estimate of drug-likeness (QED) is 0.440. The Bertz CT molecular complexity index is 607. The first-order valence-corrected chi connectivity index (χ1v) is 10.3. The Morgan fingerprint density at radius 1 is 0.857 bits per heavy atom. The Labute approximate surface area is 133 Å². The minimum absolute atomic E-state index is 0.950. The lowest BCUT2D eigenvalue weighted by atomic mass is 10.2. The second-order valence-corrected chi connectivity index (χ2v) is 9.14. The Morgan fingerprint density at radius 2 is 1.38 bits per heavy atom. The normalized spacial score (nSPS) is 10.7. The Morgan fingerprint density at radius 3 is 1.86 bits per heavy atom. The summed E-state index contributed by atoms with van der Waals surface area (Å²) in [4.78, 5) is 0. The van der Waals surface area contributed by atoms with Crippen LogP contribution in [0, 0.1) is 11.6 Å². The minimum Gasteiger partial charge on any atom is -0.0972 e. The predicted octanol–water partition coefficient (Wildman–Crippen LogP) is 4.66. The molecule has 0 aliphatic heterocycles. The van der Waals surface area contributed by atoms with Crippen molar-refractivity contribution in [1.82, 2.24) is 0 Å². The maximum Gasteiger partial charge on any atom is 0.0778 e. The molecule has 0 aliphatic carbocycles. The molecule has 0 N–H and O–H groups in total. The van der Waals surface area contributed by atoms with E-state index in [2.05, 4.69) is 67.0 Å². The number of benzene rings is 2. The summed E-state index contributed by atoms with van der Waals surface area (Å²) in [5.41, 5.74) is 3.46. The van der Waals surface area contributed by atoms with Gasteiger partial charge in [-0.05, 0) is 6.42 Å². The van der Waals surface area contributed by atoms with Gasteiger partial charge in [0.2, 0.25) is 0 Å². The number of unbranched alkanes of at least 4 members (excludes halogenated alkanes) is 3. The summed E-state index contributed by atoms with van der Waals surface area (Å²) in [6.45, 7) is 2.21. The van der Waals surface area contributed by atoms with Gasteiger partial charge in [0.1, 0.15) is 0 Å². The zero-order valence-corrected chi connectivity index (χ0v) is 14.2. The second-order valence-electron chi connectivity index (χ2n) is 5.03. The van der Waals surface area contributed by atoms with Crippen LogP contribution in [-0.4, -0.2) is 0 Å². The van der Waals surface area contributed by atoms with Crippen molar-refractivity contribution in [3.63, 3.8) is 0 Å². The Balaban J connectivity index is 2.34. The fourth-order valence-corrected chi connectivity index (χ4v) is 5.18. The molecule has 0 heterocycles. The van der Waals surface area contributed by atoms with E-state index in [0.29, 0.717) is 0 Å². The van der Waals surface area contributed by atoms with Gasteiger partial charge in [0, 0.05) is 17.0 Å². The summed E-state index contributed by atoms with van der Waals surface area (Å²) in [7, 11) is 0. The van der Waals surface area contributed by atoms with E-state index < -0.39 is 6.04 Å². The average Bonchev–Trinajstić information content (AvgIpc) is 2.56. The maximum absolute atomic E-state index is 6.05. The van der Waals surface area contributed by atoms with Crippen LogP contribution in [0.15, 0.2) is 60.7 Å². The van der Waals surface area contributed by atoms with Gasteiger partial charge in [0.05, 0.1) is 6.04 Å². The molecule has 0 aliphatic rings. The van der Waals surface area contributed by atoms with Crippen molar-refractivity contribution in [1.29, 1.82) is 0 Å². The van der Waals surface area contributed by atoms with Crippen LogP contribution >= 0.6 is 6.04 Å². The summed E-state index contributed by atoms with van der Waals surface area (Å²) < 4.78 is 0. The van der Waals surface area contributed by atoms with Crippen molar-refractivity contribution in [3.05, 3.63) is 60.7 Å². The van der Waals surface area contributed by atoms with Crippen LogP contribution in [-0.2, 0) is 11.8 Å². The van der Waals surface area contributed by atoms with Gasteiger partial charge in [-0.3, -0.25) is 0 Å². The molecule has 0 fully saturated rings. The Hall–Kier alpha value is -1.35. The second kappa shape index (κ2) is 8.18. The molecule has 0 unspecified atom stereocenters. The highest BCUT2D eigenvalue weighted by molar-refractivity contribution is 8.24. The molecule has 0 nitrogen and oxygen atoms in total. The summed E-state index contributed by atoms with van der Waals surface area (Å²) in [5, 5.41) is 2.38. The molecular weight excluding hydrogens is 291 g/mol. The van der Waals surface area contributed by atoms with Crippen LogP contribution in [0.5, 0.6) is 0 Å². The van der Waals surface area contributed by atoms with Crippen LogP contribution in [0.25, 0.3) is 0 Å². The minimum atomic E-state index is -2.00.